The molecule has 2 aromatic rings. The van der Waals surface area contributed by atoms with E-state index in [0.29, 0.717) is 11.1 Å². The normalized spacial score (nSPS) is 20.5. The largest absolute Gasteiger partial charge is 0.504 e. The van der Waals surface area contributed by atoms with Crippen molar-refractivity contribution < 1.29 is 39.5 Å². The minimum atomic E-state index is -1.27. The van der Waals surface area contributed by atoms with Crippen molar-refractivity contribution in [1.29, 1.82) is 0 Å². The lowest BCUT2D eigenvalue weighted by Gasteiger charge is -2.17. The highest BCUT2D eigenvalue weighted by Gasteiger charge is 2.46. The Kier molecular flexibility index (Phi) is 4.64. The van der Waals surface area contributed by atoms with Crippen molar-refractivity contribution in [1.82, 2.24) is 0 Å². The number of rotatable bonds is 3. The summed E-state index contributed by atoms with van der Waals surface area (Å²) in [4.78, 5) is 24.5. The van der Waals surface area contributed by atoms with Crippen LogP contribution in [0.1, 0.15) is 17.0 Å². The van der Waals surface area contributed by atoms with Crippen LogP contribution < -0.4 is 0 Å². The summed E-state index contributed by atoms with van der Waals surface area (Å²) in [5.41, 5.74) is 0.817. The van der Waals surface area contributed by atoms with Crippen LogP contribution in [0.15, 0.2) is 42.0 Å². The fourth-order valence-corrected chi connectivity index (χ4v) is 2.89. The molecule has 1 fully saturated rings. The highest BCUT2D eigenvalue weighted by Crippen LogP contribution is 2.41. The van der Waals surface area contributed by atoms with E-state index in [1.54, 1.807) is 0 Å². The van der Waals surface area contributed by atoms with Gasteiger partial charge in [-0.1, -0.05) is 12.1 Å². The van der Waals surface area contributed by atoms with Crippen LogP contribution in [0, 0.1) is 0 Å². The van der Waals surface area contributed by atoms with Crippen LogP contribution in [0.25, 0.3) is 6.08 Å². The summed E-state index contributed by atoms with van der Waals surface area (Å²) in [6, 6.07) is 7.85. The number of phenolic OH excluding ortho intramolecular Hbond substituents is 4. The molecular weight excluding hydrogens is 356 g/mol. The van der Waals surface area contributed by atoms with E-state index >= 15 is 0 Å². The summed E-state index contributed by atoms with van der Waals surface area (Å²) < 4.78 is 9.85. The van der Waals surface area contributed by atoms with E-state index in [4.69, 9.17) is 9.47 Å². The fraction of sp³-hybridized carbons (Fsp3) is 0.158. The first kappa shape index (κ1) is 18.1. The number of carbonyl (C=O) groups excluding carboxylic acids is 2. The quantitative estimate of drug-likeness (QED) is 0.364. The number of esters is 2. The van der Waals surface area contributed by atoms with Gasteiger partial charge in [-0.3, -0.25) is 0 Å². The zero-order chi connectivity index (χ0) is 19.7. The Hall–Kier alpha value is -3.68. The number of hydrogen-bond acceptors (Lipinski definition) is 8. The van der Waals surface area contributed by atoms with E-state index in [9.17, 15) is 30.0 Å². The summed E-state index contributed by atoms with van der Waals surface area (Å²) >= 11 is 0. The van der Waals surface area contributed by atoms with Crippen LogP contribution in [0.4, 0.5) is 0 Å². The topological polar surface area (TPSA) is 134 Å². The lowest BCUT2D eigenvalue weighted by molar-refractivity contribution is -0.159. The molecule has 1 saturated heterocycles. The Morgan fingerprint density at radius 1 is 1.00 bits per heavy atom. The third kappa shape index (κ3) is 3.37. The number of aromatic hydroxyl groups is 4. The number of carbonyl (C=O) groups is 2. The first-order valence-corrected chi connectivity index (χ1v) is 7.86. The van der Waals surface area contributed by atoms with Crippen LogP contribution in [0.3, 0.4) is 0 Å². The first-order valence-electron chi connectivity index (χ1n) is 7.86. The van der Waals surface area contributed by atoms with Gasteiger partial charge in [0.25, 0.3) is 0 Å². The number of ether oxygens (including phenoxy) is 2. The number of phenols is 4. The van der Waals surface area contributed by atoms with E-state index in [2.05, 4.69) is 0 Å². The molecule has 4 N–H and O–H groups in total. The molecule has 0 unspecified atom stereocenters. The summed E-state index contributed by atoms with van der Waals surface area (Å²) in [5, 5.41) is 38.3. The summed E-state index contributed by atoms with van der Waals surface area (Å²) in [6.45, 7) is 0. The molecule has 0 aliphatic carbocycles. The van der Waals surface area contributed by atoms with E-state index in [1.165, 1.54) is 42.5 Å². The van der Waals surface area contributed by atoms with Gasteiger partial charge in [-0.25, -0.2) is 9.59 Å². The van der Waals surface area contributed by atoms with Crippen LogP contribution in [-0.2, 0) is 19.1 Å². The molecule has 0 bridgehead atoms. The van der Waals surface area contributed by atoms with Gasteiger partial charge in [0.2, 0.25) is 6.10 Å². The molecule has 1 aliphatic heterocycles. The molecule has 0 saturated carbocycles. The smallest absolute Gasteiger partial charge is 0.348 e. The molecule has 27 heavy (non-hydrogen) atoms. The van der Waals surface area contributed by atoms with Crippen molar-refractivity contribution in [3.63, 3.8) is 0 Å². The van der Waals surface area contributed by atoms with Gasteiger partial charge in [0.1, 0.15) is 0 Å². The average Bonchev–Trinajstić information content (AvgIpc) is 2.96. The molecule has 2 atom stereocenters. The third-order valence-corrected chi connectivity index (χ3v) is 4.22. The monoisotopic (exact) mass is 372 g/mol. The minimum absolute atomic E-state index is 0.0839. The molecule has 3 rings (SSSR count). The second-order valence-corrected chi connectivity index (χ2v) is 5.92. The fourth-order valence-electron chi connectivity index (χ4n) is 2.89. The van der Waals surface area contributed by atoms with Crippen molar-refractivity contribution in [2.24, 2.45) is 0 Å². The molecule has 0 aromatic heterocycles. The van der Waals surface area contributed by atoms with Crippen LogP contribution >= 0.6 is 0 Å². The maximum atomic E-state index is 12.4. The maximum Gasteiger partial charge on any atom is 0.348 e. The Labute approximate surface area is 153 Å². The summed E-state index contributed by atoms with van der Waals surface area (Å²) in [6.07, 6.45) is 0.127. The van der Waals surface area contributed by atoms with Crippen LogP contribution in [-0.4, -0.2) is 45.6 Å². The molecule has 1 heterocycles. The van der Waals surface area contributed by atoms with Gasteiger partial charge in [-0.2, -0.15) is 0 Å². The zero-order valence-corrected chi connectivity index (χ0v) is 14.1. The number of cyclic esters (lactones) is 1. The Balaban J connectivity index is 2.12. The van der Waals surface area contributed by atoms with E-state index in [0.717, 1.165) is 7.11 Å². The van der Waals surface area contributed by atoms with Crippen molar-refractivity contribution >= 4 is 18.0 Å². The van der Waals surface area contributed by atoms with Crippen LogP contribution in [0.5, 0.6) is 23.0 Å². The van der Waals surface area contributed by atoms with Crippen molar-refractivity contribution in [3.05, 3.63) is 53.1 Å². The maximum absolute atomic E-state index is 12.4. The summed E-state index contributed by atoms with van der Waals surface area (Å²) in [5.74, 6) is -3.93. The SMILES string of the molecule is COC(=O)[C@H]1OC(=O)C(=Cc2ccc(O)c(O)c2)[C@@H]1c1ccc(O)c(O)c1. The minimum Gasteiger partial charge on any atom is -0.504 e. The van der Waals surface area contributed by atoms with Gasteiger partial charge in [-0.15, -0.1) is 0 Å². The van der Waals surface area contributed by atoms with Gasteiger partial charge in [0.15, 0.2) is 23.0 Å². The number of hydrogen-bond donors (Lipinski definition) is 4. The van der Waals surface area contributed by atoms with Crippen molar-refractivity contribution in [2.75, 3.05) is 7.11 Å². The molecule has 1 aliphatic rings. The lowest BCUT2D eigenvalue weighted by Crippen LogP contribution is -2.27. The van der Waals surface area contributed by atoms with Gasteiger partial charge in [0.05, 0.1) is 13.0 Å². The third-order valence-electron chi connectivity index (χ3n) is 4.22. The standard InChI is InChI=1S/C19H16O8/c1-26-19(25)17-16(10-3-5-13(21)15(23)8-10)11(18(24)27-17)6-9-2-4-12(20)14(22)7-9/h2-8,16-17,20-23H,1H3/t16-,17-/m0/s1. The molecule has 8 heteroatoms. The molecule has 140 valence electrons. The Morgan fingerprint density at radius 2 is 1.63 bits per heavy atom. The van der Waals surface area contributed by atoms with Crippen molar-refractivity contribution in [2.45, 2.75) is 12.0 Å². The van der Waals surface area contributed by atoms with Gasteiger partial charge < -0.3 is 29.9 Å². The van der Waals surface area contributed by atoms with Gasteiger partial charge in [0, 0.05) is 5.57 Å². The Morgan fingerprint density at radius 3 is 2.22 bits per heavy atom. The van der Waals surface area contributed by atoms with Crippen molar-refractivity contribution in [3.8, 4) is 23.0 Å². The zero-order valence-electron chi connectivity index (χ0n) is 14.1. The Bertz CT molecular complexity index is 947. The molecule has 0 amide bonds. The van der Waals surface area contributed by atoms with E-state index in [1.807, 2.05) is 0 Å². The van der Waals surface area contributed by atoms with Gasteiger partial charge in [-0.05, 0) is 41.5 Å². The van der Waals surface area contributed by atoms with Gasteiger partial charge >= 0.3 is 11.9 Å². The average molecular weight is 372 g/mol. The molecule has 2 aromatic carbocycles. The van der Waals surface area contributed by atoms with Crippen LogP contribution in [0.2, 0.25) is 0 Å². The predicted molar refractivity (Wildman–Crippen MR) is 92.2 cm³/mol. The first-order chi connectivity index (χ1) is 12.8. The second kappa shape index (κ2) is 6.91. The number of methoxy groups -OCH3 is 1. The molecule has 0 radical (unpaired) electrons. The van der Waals surface area contributed by atoms with E-state index < -0.39 is 29.7 Å². The molecule has 0 spiro atoms. The highest BCUT2D eigenvalue weighted by atomic mass is 16.6. The second-order valence-electron chi connectivity index (χ2n) is 5.92. The number of benzene rings is 2. The highest BCUT2D eigenvalue weighted by molar-refractivity contribution is 6.01. The summed E-state index contributed by atoms with van der Waals surface area (Å²) in [7, 11) is 1.15. The van der Waals surface area contributed by atoms with E-state index in [-0.39, 0.29) is 22.8 Å². The molecular formula is C19H16O8. The lowest BCUT2D eigenvalue weighted by atomic mass is 9.87. The predicted octanol–water partition coefficient (Wildman–Crippen LogP) is 1.77. The molecule has 8 nitrogen and oxygen atoms in total.